The molecular formula is C16H23N3O2. The van der Waals surface area contributed by atoms with E-state index in [-0.39, 0.29) is 18.4 Å². The first-order chi connectivity index (χ1) is 10.1. The van der Waals surface area contributed by atoms with Crippen LogP contribution in [-0.4, -0.2) is 36.3 Å². The zero-order chi connectivity index (χ0) is 15.4. The molecule has 5 heteroatoms. The number of hydrogen-bond acceptors (Lipinski definition) is 3. The summed E-state index contributed by atoms with van der Waals surface area (Å²) in [6, 6.07) is 5.54. The fourth-order valence-electron chi connectivity index (χ4n) is 2.75. The summed E-state index contributed by atoms with van der Waals surface area (Å²) in [5.41, 5.74) is 8.39. The lowest BCUT2D eigenvalue weighted by Gasteiger charge is -2.26. The third-order valence-electron chi connectivity index (χ3n) is 3.94. The van der Waals surface area contributed by atoms with Gasteiger partial charge in [0.1, 0.15) is 6.54 Å². The van der Waals surface area contributed by atoms with Crippen molar-refractivity contribution < 1.29 is 9.59 Å². The van der Waals surface area contributed by atoms with E-state index in [0.717, 1.165) is 24.1 Å². The Morgan fingerprint density at radius 3 is 2.67 bits per heavy atom. The van der Waals surface area contributed by atoms with Gasteiger partial charge in [0.2, 0.25) is 11.8 Å². The van der Waals surface area contributed by atoms with Crippen molar-refractivity contribution in [3.63, 3.8) is 0 Å². The molecular weight excluding hydrogens is 266 g/mol. The molecule has 2 N–H and O–H groups in total. The first-order valence-electron chi connectivity index (χ1n) is 7.53. The third-order valence-corrected chi connectivity index (χ3v) is 3.94. The van der Waals surface area contributed by atoms with E-state index in [0.29, 0.717) is 25.2 Å². The van der Waals surface area contributed by atoms with Crippen molar-refractivity contribution in [3.8, 4) is 0 Å². The Morgan fingerprint density at radius 2 is 2.00 bits per heavy atom. The Morgan fingerprint density at radius 1 is 1.29 bits per heavy atom. The van der Waals surface area contributed by atoms with Crippen LogP contribution in [0.1, 0.15) is 32.3 Å². The van der Waals surface area contributed by atoms with Gasteiger partial charge in [-0.05, 0) is 50.5 Å². The van der Waals surface area contributed by atoms with E-state index in [4.69, 9.17) is 5.73 Å². The van der Waals surface area contributed by atoms with E-state index in [1.165, 1.54) is 0 Å². The molecule has 2 rings (SSSR count). The van der Waals surface area contributed by atoms with Gasteiger partial charge in [-0.1, -0.05) is 0 Å². The summed E-state index contributed by atoms with van der Waals surface area (Å²) in [4.78, 5) is 28.0. The molecule has 1 aliphatic rings. The van der Waals surface area contributed by atoms with Crippen LogP contribution in [0, 0.1) is 0 Å². The molecule has 0 radical (unpaired) electrons. The minimum absolute atomic E-state index is 0.0130. The number of carbonyl (C=O) groups excluding carboxylic acids is 2. The SMILES string of the molecule is CCN(CC)C(=O)CN1C(=O)CCCc2cc(N)ccc21. The first kappa shape index (κ1) is 15.4. The second-order valence-corrected chi connectivity index (χ2v) is 5.29. The Kier molecular flexibility index (Phi) is 4.83. The second-order valence-electron chi connectivity index (χ2n) is 5.29. The van der Waals surface area contributed by atoms with E-state index in [9.17, 15) is 9.59 Å². The van der Waals surface area contributed by atoms with Crippen LogP contribution in [0.5, 0.6) is 0 Å². The van der Waals surface area contributed by atoms with Crippen LogP contribution in [0.25, 0.3) is 0 Å². The number of nitrogens with zero attached hydrogens (tertiary/aromatic N) is 2. The zero-order valence-electron chi connectivity index (χ0n) is 12.8. The third kappa shape index (κ3) is 3.35. The van der Waals surface area contributed by atoms with Crippen molar-refractivity contribution >= 4 is 23.2 Å². The molecule has 0 spiro atoms. The maximum Gasteiger partial charge on any atom is 0.242 e. The zero-order valence-corrected chi connectivity index (χ0v) is 12.8. The minimum atomic E-state index is -0.0157. The number of amides is 2. The Bertz CT molecular complexity index is 538. The van der Waals surface area contributed by atoms with Crippen LogP contribution in [0.2, 0.25) is 0 Å². The number of benzene rings is 1. The number of aryl methyl sites for hydroxylation is 1. The molecule has 0 bridgehead atoms. The fraction of sp³-hybridized carbons (Fsp3) is 0.500. The van der Waals surface area contributed by atoms with Crippen molar-refractivity contribution in [2.75, 3.05) is 30.3 Å². The fourth-order valence-corrected chi connectivity index (χ4v) is 2.75. The van der Waals surface area contributed by atoms with Crippen LogP contribution < -0.4 is 10.6 Å². The number of likely N-dealkylation sites (N-methyl/N-ethyl adjacent to an activating group) is 1. The molecule has 21 heavy (non-hydrogen) atoms. The molecule has 0 fully saturated rings. The average molecular weight is 289 g/mol. The van der Waals surface area contributed by atoms with E-state index < -0.39 is 0 Å². The molecule has 0 aliphatic carbocycles. The number of carbonyl (C=O) groups is 2. The van der Waals surface area contributed by atoms with Gasteiger partial charge >= 0.3 is 0 Å². The van der Waals surface area contributed by atoms with Gasteiger partial charge in [-0.2, -0.15) is 0 Å². The quantitative estimate of drug-likeness (QED) is 0.860. The van der Waals surface area contributed by atoms with E-state index in [1.54, 1.807) is 15.9 Å². The highest BCUT2D eigenvalue weighted by atomic mass is 16.2. The molecule has 114 valence electrons. The van der Waals surface area contributed by atoms with Crippen molar-refractivity contribution in [1.82, 2.24) is 4.90 Å². The average Bonchev–Trinajstić information content (AvgIpc) is 2.60. The van der Waals surface area contributed by atoms with Crippen LogP contribution in [0.15, 0.2) is 18.2 Å². The largest absolute Gasteiger partial charge is 0.399 e. The molecule has 1 aromatic carbocycles. The monoisotopic (exact) mass is 289 g/mol. The molecule has 0 atom stereocenters. The normalized spacial score (nSPS) is 14.6. The summed E-state index contributed by atoms with van der Waals surface area (Å²) >= 11 is 0. The Hall–Kier alpha value is -2.04. The first-order valence-corrected chi connectivity index (χ1v) is 7.53. The van der Waals surface area contributed by atoms with Gasteiger partial charge < -0.3 is 15.5 Å². The van der Waals surface area contributed by atoms with E-state index >= 15 is 0 Å². The molecule has 1 heterocycles. The van der Waals surface area contributed by atoms with E-state index in [1.807, 2.05) is 26.0 Å². The lowest BCUT2D eigenvalue weighted by atomic mass is 10.1. The van der Waals surface area contributed by atoms with Crippen LogP contribution in [0.4, 0.5) is 11.4 Å². The van der Waals surface area contributed by atoms with Gasteiger partial charge in [0, 0.05) is 30.9 Å². The smallest absolute Gasteiger partial charge is 0.242 e. The van der Waals surface area contributed by atoms with Gasteiger partial charge in [-0.25, -0.2) is 0 Å². The molecule has 0 saturated heterocycles. The molecule has 2 amide bonds. The Balaban J connectivity index is 2.29. The lowest BCUT2D eigenvalue weighted by Crippen LogP contribution is -2.42. The number of hydrogen-bond donors (Lipinski definition) is 1. The molecule has 0 saturated carbocycles. The summed E-state index contributed by atoms with van der Waals surface area (Å²) in [6.07, 6.45) is 2.09. The van der Waals surface area contributed by atoms with Gasteiger partial charge in [0.25, 0.3) is 0 Å². The maximum absolute atomic E-state index is 12.3. The highest BCUT2D eigenvalue weighted by Gasteiger charge is 2.25. The summed E-state index contributed by atoms with van der Waals surface area (Å²) in [5, 5.41) is 0. The predicted molar refractivity (Wildman–Crippen MR) is 84.1 cm³/mol. The van der Waals surface area contributed by atoms with Gasteiger partial charge in [0.15, 0.2) is 0 Å². The predicted octanol–water partition coefficient (Wildman–Crippen LogP) is 1.81. The van der Waals surface area contributed by atoms with Crippen molar-refractivity contribution in [1.29, 1.82) is 0 Å². The van der Waals surface area contributed by atoms with Crippen LogP contribution in [0.3, 0.4) is 0 Å². The van der Waals surface area contributed by atoms with E-state index in [2.05, 4.69) is 0 Å². The summed E-state index contributed by atoms with van der Waals surface area (Å²) in [7, 11) is 0. The van der Waals surface area contributed by atoms with Crippen LogP contribution in [-0.2, 0) is 16.0 Å². The van der Waals surface area contributed by atoms with Crippen LogP contribution >= 0.6 is 0 Å². The van der Waals surface area contributed by atoms with Crippen molar-refractivity contribution in [2.45, 2.75) is 33.1 Å². The van der Waals surface area contributed by atoms with Gasteiger partial charge in [0.05, 0.1) is 0 Å². The molecule has 1 aromatic rings. The standard InChI is InChI=1S/C16H23N3O2/c1-3-18(4-2)16(21)11-19-14-9-8-13(17)10-12(14)6-5-7-15(19)20/h8-10H,3-7,11,17H2,1-2H3. The van der Waals surface area contributed by atoms with Gasteiger partial charge in [-0.3, -0.25) is 9.59 Å². The summed E-state index contributed by atoms with van der Waals surface area (Å²) in [6.45, 7) is 5.32. The Labute approximate surface area is 125 Å². The second kappa shape index (κ2) is 6.61. The topological polar surface area (TPSA) is 66.6 Å². The molecule has 5 nitrogen and oxygen atoms in total. The lowest BCUT2D eigenvalue weighted by molar-refractivity contribution is -0.131. The maximum atomic E-state index is 12.3. The number of anilines is 2. The highest BCUT2D eigenvalue weighted by Crippen LogP contribution is 2.28. The van der Waals surface area contributed by atoms with Crippen molar-refractivity contribution in [2.24, 2.45) is 0 Å². The summed E-state index contributed by atoms with van der Waals surface area (Å²) < 4.78 is 0. The number of nitrogens with two attached hydrogens (primary N) is 1. The number of nitrogen functional groups attached to an aromatic ring is 1. The number of rotatable bonds is 4. The van der Waals surface area contributed by atoms with Gasteiger partial charge in [-0.15, -0.1) is 0 Å². The minimum Gasteiger partial charge on any atom is -0.399 e. The molecule has 1 aliphatic heterocycles. The molecule has 0 unspecified atom stereocenters. The summed E-state index contributed by atoms with van der Waals surface area (Å²) in [5.74, 6) is -0.00273. The molecule has 0 aromatic heterocycles. The highest BCUT2D eigenvalue weighted by molar-refractivity contribution is 6.00. The number of fused-ring (bicyclic) bond motifs is 1. The van der Waals surface area contributed by atoms with Crippen molar-refractivity contribution in [3.05, 3.63) is 23.8 Å².